The van der Waals surface area contributed by atoms with Gasteiger partial charge in [-0.1, -0.05) is 103 Å². The molecule has 3 aromatic carbocycles. The molecule has 218 valence electrons. The highest BCUT2D eigenvalue weighted by Crippen LogP contribution is 2.30. The molecule has 0 fully saturated rings. The number of rotatable bonds is 10. The summed E-state index contributed by atoms with van der Waals surface area (Å²) in [5.41, 5.74) is 2.57. The Balaban J connectivity index is 1.62. The number of nitrogens with zero attached hydrogens (tertiary/aromatic N) is 2. The number of benzene rings is 3. The van der Waals surface area contributed by atoms with Crippen molar-refractivity contribution in [2.45, 2.75) is 13.0 Å². The molecule has 43 heavy (non-hydrogen) atoms. The van der Waals surface area contributed by atoms with Gasteiger partial charge in [-0.3, -0.25) is 19.3 Å². The molecule has 0 unspecified atom stereocenters. The number of phenolic OH excluding ortho intramolecular Hbond substituents is 1. The van der Waals surface area contributed by atoms with Crippen molar-refractivity contribution in [1.82, 2.24) is 10.2 Å². The number of carbonyl (C=O) groups is 3. The number of allylic oxidation sites excluding steroid dienone is 4. The van der Waals surface area contributed by atoms with E-state index in [4.69, 9.17) is 4.74 Å². The third kappa shape index (κ3) is 7.58. The maximum atomic E-state index is 13.8. The Hall–Kier alpha value is -5.15. The summed E-state index contributed by atoms with van der Waals surface area (Å²) in [6, 6.07) is 23.3. The lowest BCUT2D eigenvalue weighted by Crippen LogP contribution is -2.42. The number of phenols is 1. The summed E-state index contributed by atoms with van der Waals surface area (Å²) in [4.78, 5) is 45.7. The number of aliphatic imine (C=N–C) groups is 1. The Labute approximate surface area is 254 Å². The first-order valence-electron chi connectivity index (χ1n) is 13.4. The maximum Gasteiger partial charge on any atom is 0.285 e. The Morgan fingerprint density at radius 2 is 1.72 bits per heavy atom. The Kier molecular flexibility index (Phi) is 10.5. The Morgan fingerprint density at radius 1 is 1.07 bits per heavy atom. The van der Waals surface area contributed by atoms with Crippen molar-refractivity contribution in [3.8, 4) is 11.5 Å². The first-order chi connectivity index (χ1) is 20.9. The number of thioether (sulfide) groups is 1. The monoisotopic (exact) mass is 593 g/mol. The van der Waals surface area contributed by atoms with Gasteiger partial charge in [-0.15, -0.1) is 0 Å². The molecule has 0 radical (unpaired) electrons. The van der Waals surface area contributed by atoms with Gasteiger partial charge in [-0.25, -0.2) is 0 Å². The molecule has 0 bridgehead atoms. The number of aromatic hydroxyl groups is 1. The lowest BCUT2D eigenvalue weighted by Gasteiger charge is -2.28. The average Bonchev–Trinajstić information content (AvgIpc) is 3.03. The number of methoxy groups -OCH3 is 1. The SMILES string of the molecule is C=C/C=C\C(=C/C)N1C(=O)/C(=C/c2ccc(O)c(OC)c2)C(=O)N=C1SCC(=O)NC(c1ccccc1)c1ccccc1. The topological polar surface area (TPSA) is 108 Å². The minimum absolute atomic E-state index is 0.0726. The van der Waals surface area contributed by atoms with Crippen LogP contribution in [-0.2, 0) is 14.4 Å². The van der Waals surface area contributed by atoms with Gasteiger partial charge in [-0.05, 0) is 47.9 Å². The average molecular weight is 594 g/mol. The maximum absolute atomic E-state index is 13.8. The van der Waals surface area contributed by atoms with E-state index in [1.807, 2.05) is 60.7 Å². The van der Waals surface area contributed by atoms with Crippen LogP contribution in [0.1, 0.15) is 29.7 Å². The van der Waals surface area contributed by atoms with E-state index in [9.17, 15) is 19.5 Å². The van der Waals surface area contributed by atoms with Crippen molar-refractivity contribution in [3.63, 3.8) is 0 Å². The molecule has 4 rings (SSSR count). The van der Waals surface area contributed by atoms with E-state index in [1.54, 1.807) is 37.3 Å². The van der Waals surface area contributed by atoms with Gasteiger partial charge in [0.1, 0.15) is 5.57 Å². The van der Waals surface area contributed by atoms with E-state index < -0.39 is 11.8 Å². The fraction of sp³-hybridized carbons (Fsp3) is 0.118. The number of ether oxygens (including phenoxy) is 1. The van der Waals surface area contributed by atoms with Crippen molar-refractivity contribution in [2.75, 3.05) is 12.9 Å². The van der Waals surface area contributed by atoms with Crippen molar-refractivity contribution >= 4 is 40.7 Å². The number of amidine groups is 1. The Morgan fingerprint density at radius 3 is 2.30 bits per heavy atom. The van der Waals surface area contributed by atoms with Crippen LogP contribution in [0.4, 0.5) is 0 Å². The first-order valence-corrected chi connectivity index (χ1v) is 14.4. The predicted octanol–water partition coefficient (Wildman–Crippen LogP) is 5.79. The van der Waals surface area contributed by atoms with Gasteiger partial charge in [0.25, 0.3) is 11.8 Å². The lowest BCUT2D eigenvalue weighted by atomic mass is 9.99. The summed E-state index contributed by atoms with van der Waals surface area (Å²) in [5, 5.41) is 13.1. The smallest absolute Gasteiger partial charge is 0.285 e. The van der Waals surface area contributed by atoms with Crippen molar-refractivity contribution in [3.05, 3.63) is 138 Å². The van der Waals surface area contributed by atoms with Crippen LogP contribution in [0.15, 0.2) is 126 Å². The van der Waals surface area contributed by atoms with Gasteiger partial charge in [0, 0.05) is 5.70 Å². The van der Waals surface area contributed by atoms with Gasteiger partial charge in [0.05, 0.1) is 18.9 Å². The lowest BCUT2D eigenvalue weighted by molar-refractivity contribution is -0.126. The van der Waals surface area contributed by atoms with Crippen LogP contribution in [0.5, 0.6) is 11.5 Å². The summed E-state index contributed by atoms with van der Waals surface area (Å²) in [5.74, 6) is -1.63. The second-order valence-electron chi connectivity index (χ2n) is 9.25. The van der Waals surface area contributed by atoms with E-state index in [0.29, 0.717) is 11.3 Å². The second-order valence-corrected chi connectivity index (χ2v) is 10.2. The summed E-state index contributed by atoms with van der Waals surface area (Å²) < 4.78 is 5.15. The van der Waals surface area contributed by atoms with Crippen LogP contribution in [0.3, 0.4) is 0 Å². The summed E-state index contributed by atoms with van der Waals surface area (Å²) in [7, 11) is 1.40. The van der Waals surface area contributed by atoms with Crippen LogP contribution in [0.2, 0.25) is 0 Å². The van der Waals surface area contributed by atoms with Crippen molar-refractivity contribution < 1.29 is 24.2 Å². The first kappa shape index (κ1) is 30.8. The molecule has 2 N–H and O–H groups in total. The molecule has 0 aliphatic carbocycles. The number of amides is 3. The third-order valence-electron chi connectivity index (χ3n) is 6.43. The fourth-order valence-corrected chi connectivity index (χ4v) is 5.15. The van der Waals surface area contributed by atoms with Gasteiger partial charge < -0.3 is 15.2 Å². The quantitative estimate of drug-likeness (QED) is 0.175. The highest BCUT2D eigenvalue weighted by molar-refractivity contribution is 8.14. The molecule has 0 saturated carbocycles. The zero-order chi connectivity index (χ0) is 30.8. The zero-order valence-electron chi connectivity index (χ0n) is 23.8. The number of hydrogen-bond acceptors (Lipinski definition) is 6. The summed E-state index contributed by atoms with van der Waals surface area (Å²) in [6.45, 7) is 5.44. The second kappa shape index (κ2) is 14.7. The standard InChI is InChI=1S/C34H31N3O5S/c1-4-6-17-26(5-2)37-33(41)27(20-23-18-19-28(38)29(21-23)42-3)32(40)36-34(37)43-22-30(39)35-31(24-13-9-7-10-14-24)25-15-11-8-12-16-25/h4-21,31,38H,1,22H2,2-3H3,(H,35,39)/b17-6-,26-5+,27-20+. The van der Waals surface area contributed by atoms with E-state index in [1.165, 1.54) is 30.2 Å². The fourth-order valence-electron chi connectivity index (χ4n) is 4.34. The molecule has 3 amide bonds. The van der Waals surface area contributed by atoms with E-state index in [-0.39, 0.29) is 39.9 Å². The van der Waals surface area contributed by atoms with Crippen LogP contribution in [-0.4, -0.2) is 45.8 Å². The van der Waals surface area contributed by atoms with Crippen LogP contribution in [0.25, 0.3) is 6.08 Å². The minimum Gasteiger partial charge on any atom is -0.504 e. The molecule has 3 aromatic rings. The minimum atomic E-state index is -0.745. The van der Waals surface area contributed by atoms with Crippen LogP contribution >= 0.6 is 11.8 Å². The van der Waals surface area contributed by atoms with Crippen molar-refractivity contribution in [2.24, 2.45) is 4.99 Å². The molecule has 0 atom stereocenters. The van der Waals surface area contributed by atoms with Crippen LogP contribution < -0.4 is 10.1 Å². The van der Waals surface area contributed by atoms with Crippen LogP contribution in [0, 0.1) is 0 Å². The number of carbonyl (C=O) groups excluding carboxylic acids is 3. The zero-order valence-corrected chi connectivity index (χ0v) is 24.6. The molecule has 1 aliphatic heterocycles. The highest BCUT2D eigenvalue weighted by atomic mass is 32.2. The molecule has 1 heterocycles. The molecule has 1 aliphatic rings. The normalized spacial score (nSPS) is 14.8. The summed E-state index contributed by atoms with van der Waals surface area (Å²) >= 11 is 0.988. The molecular weight excluding hydrogens is 562 g/mol. The summed E-state index contributed by atoms with van der Waals surface area (Å²) in [6.07, 6.45) is 7.98. The molecular formula is C34H31N3O5S. The molecule has 0 saturated heterocycles. The van der Waals surface area contributed by atoms with Gasteiger partial charge in [-0.2, -0.15) is 4.99 Å². The highest BCUT2D eigenvalue weighted by Gasteiger charge is 2.35. The molecule has 9 heteroatoms. The van der Waals surface area contributed by atoms with Crippen molar-refractivity contribution in [1.29, 1.82) is 0 Å². The van der Waals surface area contributed by atoms with E-state index >= 15 is 0 Å². The predicted molar refractivity (Wildman–Crippen MR) is 170 cm³/mol. The van der Waals surface area contributed by atoms with Gasteiger partial charge in [0.2, 0.25) is 5.91 Å². The molecule has 0 aromatic heterocycles. The van der Waals surface area contributed by atoms with Gasteiger partial charge in [0.15, 0.2) is 16.7 Å². The number of hydrogen-bond donors (Lipinski definition) is 2. The third-order valence-corrected chi connectivity index (χ3v) is 7.37. The molecule has 0 spiro atoms. The Bertz CT molecular complexity index is 1590. The van der Waals surface area contributed by atoms with Gasteiger partial charge >= 0.3 is 0 Å². The van der Waals surface area contributed by atoms with E-state index in [0.717, 1.165) is 22.9 Å². The van der Waals surface area contributed by atoms with E-state index in [2.05, 4.69) is 16.9 Å². The largest absolute Gasteiger partial charge is 0.504 e. The molecule has 8 nitrogen and oxygen atoms in total. The number of nitrogens with one attached hydrogen (secondary N) is 1.